The maximum atomic E-state index is 9.10. The molecule has 1 heterocycles. The fourth-order valence-corrected chi connectivity index (χ4v) is 2.40. The van der Waals surface area contributed by atoms with E-state index in [1.54, 1.807) is 6.07 Å². The molecule has 1 saturated heterocycles. The second-order valence-electron chi connectivity index (χ2n) is 3.84. The molecule has 0 bridgehead atoms. The molecule has 88 valence electrons. The van der Waals surface area contributed by atoms with Crippen molar-refractivity contribution in [2.75, 3.05) is 26.2 Å². The molecule has 0 aromatic heterocycles. The summed E-state index contributed by atoms with van der Waals surface area (Å²) in [5, 5.41) is 9.79. The molecule has 1 aliphatic rings. The number of β-amino-alcohol motifs (C(OH)–C–C–N with tert-alkyl or cyclic N) is 1. The molecule has 0 atom stereocenters. The van der Waals surface area contributed by atoms with E-state index in [2.05, 4.69) is 20.8 Å². The van der Waals surface area contributed by atoms with Crippen molar-refractivity contribution in [2.45, 2.75) is 6.10 Å². The molecule has 0 amide bonds. The van der Waals surface area contributed by atoms with Crippen molar-refractivity contribution >= 4 is 27.5 Å². The molecule has 1 N–H and O–H groups in total. The molecule has 16 heavy (non-hydrogen) atoms. The second-order valence-corrected chi connectivity index (χ2v) is 5.13. The molecular weight excluding hydrogens is 293 g/mol. The number of benzene rings is 1. The van der Waals surface area contributed by atoms with E-state index in [-0.39, 0.29) is 6.10 Å². The van der Waals surface area contributed by atoms with Gasteiger partial charge in [0.05, 0.1) is 10.6 Å². The quantitative estimate of drug-likeness (QED) is 0.925. The molecule has 0 aliphatic carbocycles. The normalized spacial score (nSPS) is 17.2. The standard InChI is InChI=1S/C11H13BrClNO2/c12-10-5-8(13)1-2-11(10)16-4-3-14-6-9(15)7-14/h1-2,5,9,15H,3-4,6-7H2. The summed E-state index contributed by atoms with van der Waals surface area (Å²) in [7, 11) is 0. The van der Waals surface area contributed by atoms with Crippen molar-refractivity contribution in [3.63, 3.8) is 0 Å². The highest BCUT2D eigenvalue weighted by Gasteiger charge is 2.23. The van der Waals surface area contributed by atoms with Gasteiger partial charge in [0.15, 0.2) is 0 Å². The largest absolute Gasteiger partial charge is 0.491 e. The average molecular weight is 307 g/mol. The van der Waals surface area contributed by atoms with Crippen LogP contribution in [0.1, 0.15) is 0 Å². The van der Waals surface area contributed by atoms with Gasteiger partial charge in [-0.2, -0.15) is 0 Å². The first kappa shape index (κ1) is 12.2. The lowest BCUT2D eigenvalue weighted by atomic mass is 10.2. The molecule has 1 aromatic carbocycles. The van der Waals surface area contributed by atoms with E-state index >= 15 is 0 Å². The van der Waals surface area contributed by atoms with Crippen LogP contribution in [0.4, 0.5) is 0 Å². The first-order chi connectivity index (χ1) is 7.65. The number of aliphatic hydroxyl groups excluding tert-OH is 1. The van der Waals surface area contributed by atoms with Crippen LogP contribution in [-0.4, -0.2) is 42.4 Å². The number of halogens is 2. The van der Waals surface area contributed by atoms with E-state index in [1.165, 1.54) is 0 Å². The maximum Gasteiger partial charge on any atom is 0.133 e. The third-order valence-corrected chi connectivity index (χ3v) is 3.35. The summed E-state index contributed by atoms with van der Waals surface area (Å²) in [6.45, 7) is 2.97. The minimum Gasteiger partial charge on any atom is -0.491 e. The maximum absolute atomic E-state index is 9.10. The smallest absolute Gasteiger partial charge is 0.133 e. The van der Waals surface area contributed by atoms with Crippen LogP contribution < -0.4 is 4.74 Å². The summed E-state index contributed by atoms with van der Waals surface area (Å²) < 4.78 is 6.47. The SMILES string of the molecule is OC1CN(CCOc2ccc(Cl)cc2Br)C1. The number of hydrogen-bond donors (Lipinski definition) is 1. The predicted molar refractivity (Wildman–Crippen MR) is 67.1 cm³/mol. The Bertz CT molecular complexity index is 369. The van der Waals surface area contributed by atoms with Crippen LogP contribution in [0.15, 0.2) is 22.7 Å². The van der Waals surface area contributed by atoms with Gasteiger partial charge in [0, 0.05) is 24.7 Å². The van der Waals surface area contributed by atoms with Crippen LogP contribution in [0, 0.1) is 0 Å². The van der Waals surface area contributed by atoms with Gasteiger partial charge in [-0.05, 0) is 34.1 Å². The molecule has 0 radical (unpaired) electrons. The average Bonchev–Trinajstić information content (AvgIpc) is 2.18. The Kier molecular flexibility index (Phi) is 4.08. The summed E-state index contributed by atoms with van der Waals surface area (Å²) in [5.74, 6) is 0.797. The summed E-state index contributed by atoms with van der Waals surface area (Å²) in [5.41, 5.74) is 0. The number of likely N-dealkylation sites (tertiary alicyclic amines) is 1. The molecule has 0 unspecified atom stereocenters. The summed E-state index contributed by atoms with van der Waals surface area (Å²) in [6.07, 6.45) is -0.151. The molecule has 0 saturated carbocycles. The van der Waals surface area contributed by atoms with Gasteiger partial charge >= 0.3 is 0 Å². The molecule has 1 aromatic rings. The molecule has 2 rings (SSSR count). The molecule has 1 aliphatic heterocycles. The zero-order valence-electron chi connectivity index (χ0n) is 8.70. The Balaban J connectivity index is 1.76. The molecular formula is C11H13BrClNO2. The van der Waals surface area contributed by atoms with Gasteiger partial charge in [-0.1, -0.05) is 11.6 Å². The summed E-state index contributed by atoms with van der Waals surface area (Å²) in [4.78, 5) is 2.15. The second kappa shape index (κ2) is 5.36. The van der Waals surface area contributed by atoms with Gasteiger partial charge in [0.25, 0.3) is 0 Å². The van der Waals surface area contributed by atoms with Crippen LogP contribution in [-0.2, 0) is 0 Å². The number of ether oxygens (including phenoxy) is 1. The van der Waals surface area contributed by atoms with Crippen LogP contribution in [0.2, 0.25) is 5.02 Å². The number of hydrogen-bond acceptors (Lipinski definition) is 3. The Hall–Kier alpha value is -0.290. The van der Waals surface area contributed by atoms with Crippen LogP contribution in [0.3, 0.4) is 0 Å². The van der Waals surface area contributed by atoms with Crippen molar-refractivity contribution in [3.8, 4) is 5.75 Å². The highest BCUT2D eigenvalue weighted by Crippen LogP contribution is 2.27. The first-order valence-electron chi connectivity index (χ1n) is 5.13. The van der Waals surface area contributed by atoms with E-state index in [0.29, 0.717) is 11.6 Å². The Labute approximate surface area is 108 Å². The lowest BCUT2D eigenvalue weighted by molar-refractivity contribution is -0.00391. The monoisotopic (exact) mass is 305 g/mol. The van der Waals surface area contributed by atoms with Gasteiger partial charge in [-0.3, -0.25) is 4.90 Å². The van der Waals surface area contributed by atoms with Crippen LogP contribution in [0.5, 0.6) is 5.75 Å². The van der Waals surface area contributed by atoms with Crippen molar-refractivity contribution < 1.29 is 9.84 Å². The van der Waals surface area contributed by atoms with Crippen LogP contribution >= 0.6 is 27.5 Å². The topological polar surface area (TPSA) is 32.7 Å². The third-order valence-electron chi connectivity index (χ3n) is 2.50. The van der Waals surface area contributed by atoms with Gasteiger partial charge < -0.3 is 9.84 Å². The number of aliphatic hydroxyl groups is 1. The van der Waals surface area contributed by atoms with Gasteiger partial charge in [-0.25, -0.2) is 0 Å². The lowest BCUT2D eigenvalue weighted by Crippen LogP contribution is -2.51. The number of rotatable bonds is 4. The van der Waals surface area contributed by atoms with E-state index in [1.807, 2.05) is 12.1 Å². The first-order valence-corrected chi connectivity index (χ1v) is 6.30. The summed E-state index contributed by atoms with van der Waals surface area (Å²) in [6, 6.07) is 5.46. The van der Waals surface area contributed by atoms with Gasteiger partial charge in [0.2, 0.25) is 0 Å². The van der Waals surface area contributed by atoms with Crippen LogP contribution in [0.25, 0.3) is 0 Å². The zero-order valence-corrected chi connectivity index (χ0v) is 11.0. The van der Waals surface area contributed by atoms with Crippen molar-refractivity contribution in [3.05, 3.63) is 27.7 Å². The Morgan fingerprint density at radius 2 is 2.25 bits per heavy atom. The van der Waals surface area contributed by atoms with Crippen molar-refractivity contribution in [1.82, 2.24) is 4.90 Å². The Morgan fingerprint density at radius 3 is 2.88 bits per heavy atom. The molecule has 0 spiro atoms. The fraction of sp³-hybridized carbons (Fsp3) is 0.455. The van der Waals surface area contributed by atoms with Crippen molar-refractivity contribution in [2.24, 2.45) is 0 Å². The number of nitrogens with zero attached hydrogens (tertiary/aromatic N) is 1. The lowest BCUT2D eigenvalue weighted by Gasteiger charge is -2.35. The zero-order chi connectivity index (χ0) is 11.5. The van der Waals surface area contributed by atoms with E-state index < -0.39 is 0 Å². The minimum absolute atomic E-state index is 0.151. The van der Waals surface area contributed by atoms with Gasteiger partial charge in [-0.15, -0.1) is 0 Å². The fourth-order valence-electron chi connectivity index (χ4n) is 1.60. The molecule has 1 fully saturated rings. The highest BCUT2D eigenvalue weighted by molar-refractivity contribution is 9.10. The van der Waals surface area contributed by atoms with Gasteiger partial charge in [0.1, 0.15) is 12.4 Å². The highest BCUT2D eigenvalue weighted by atomic mass is 79.9. The van der Waals surface area contributed by atoms with Crippen molar-refractivity contribution in [1.29, 1.82) is 0 Å². The Morgan fingerprint density at radius 1 is 1.50 bits per heavy atom. The van der Waals surface area contributed by atoms with E-state index in [0.717, 1.165) is 29.9 Å². The van der Waals surface area contributed by atoms with E-state index in [9.17, 15) is 0 Å². The molecule has 5 heteroatoms. The van der Waals surface area contributed by atoms with E-state index in [4.69, 9.17) is 21.4 Å². The summed E-state index contributed by atoms with van der Waals surface area (Å²) >= 11 is 9.22. The third kappa shape index (κ3) is 3.10. The minimum atomic E-state index is -0.151. The molecule has 3 nitrogen and oxygen atoms in total. The predicted octanol–water partition coefficient (Wildman–Crippen LogP) is 2.16.